The molecule has 1 saturated heterocycles. The molecule has 0 aromatic carbocycles. The minimum Gasteiger partial charge on any atom is -0.432 e. The van der Waals surface area contributed by atoms with Crippen LogP contribution in [0.25, 0.3) is 11.2 Å². The van der Waals surface area contributed by atoms with Crippen LogP contribution in [0.15, 0.2) is 30.9 Å². The first-order valence-corrected chi connectivity index (χ1v) is 9.45. The molecule has 12 heteroatoms. The van der Waals surface area contributed by atoms with E-state index in [0.29, 0.717) is 5.52 Å². The number of carbonyl (C=O) groups is 1. The average Bonchev–Trinajstić information content (AvgIpc) is 3.27. The lowest BCUT2D eigenvalue weighted by atomic mass is 10.0. The molecule has 1 aliphatic rings. The molecule has 4 rings (SSSR count). The standard InChI is InChI=1S/C18H18ClFN6O4/c1-9-11(7-29-18(27)28-6-10-3-2-4-22-5-10)30-16(12(9)20)26-8-23-13-14(21)24-17(19)25-15(13)26/h2-5,8-9,11-12,16H,6-7H2,1H3,(H2,21,24,25)/t9-,11-,12+,16-/m1/s1. The van der Waals surface area contributed by atoms with Crippen LogP contribution in [0.2, 0.25) is 5.28 Å². The summed E-state index contributed by atoms with van der Waals surface area (Å²) in [7, 11) is 0. The van der Waals surface area contributed by atoms with Crippen LogP contribution in [-0.4, -0.2) is 49.5 Å². The van der Waals surface area contributed by atoms with Gasteiger partial charge in [-0.1, -0.05) is 13.0 Å². The zero-order chi connectivity index (χ0) is 21.3. The van der Waals surface area contributed by atoms with Crippen LogP contribution >= 0.6 is 11.6 Å². The van der Waals surface area contributed by atoms with E-state index in [0.717, 1.165) is 5.56 Å². The number of carbonyl (C=O) groups excluding carboxylic acids is 1. The minimum atomic E-state index is -1.41. The van der Waals surface area contributed by atoms with Gasteiger partial charge in [-0.25, -0.2) is 14.2 Å². The van der Waals surface area contributed by atoms with E-state index in [9.17, 15) is 9.18 Å². The molecule has 0 bridgehead atoms. The number of nitrogen functional groups attached to an aromatic ring is 1. The first-order chi connectivity index (χ1) is 14.4. The SMILES string of the molecule is C[C@H]1[C@H](F)[C@H](n2cnc3c(N)nc(Cl)nc32)O[C@@H]1COC(=O)OCc1cccnc1. The Hall–Kier alpha value is -3.05. The van der Waals surface area contributed by atoms with Gasteiger partial charge in [0.2, 0.25) is 5.28 Å². The van der Waals surface area contributed by atoms with Crippen LogP contribution in [0.3, 0.4) is 0 Å². The summed E-state index contributed by atoms with van der Waals surface area (Å²) in [6.07, 6.45) is 0.541. The third kappa shape index (κ3) is 3.98. The number of imidazole rings is 1. The van der Waals surface area contributed by atoms with Crippen LogP contribution in [0, 0.1) is 5.92 Å². The number of anilines is 1. The number of nitrogens with two attached hydrogens (primary N) is 1. The Morgan fingerprint density at radius 1 is 1.40 bits per heavy atom. The Labute approximate surface area is 175 Å². The molecule has 158 valence electrons. The molecule has 1 fully saturated rings. The molecule has 0 unspecified atom stereocenters. The minimum absolute atomic E-state index is 0.0189. The van der Waals surface area contributed by atoms with E-state index in [4.69, 9.17) is 31.5 Å². The molecular weight excluding hydrogens is 419 g/mol. The molecule has 0 amide bonds. The van der Waals surface area contributed by atoms with Crippen molar-refractivity contribution in [1.29, 1.82) is 0 Å². The fourth-order valence-electron chi connectivity index (χ4n) is 3.17. The zero-order valence-electron chi connectivity index (χ0n) is 15.8. The summed E-state index contributed by atoms with van der Waals surface area (Å²) in [5.74, 6) is -0.477. The number of rotatable bonds is 5. The van der Waals surface area contributed by atoms with Gasteiger partial charge >= 0.3 is 6.16 Å². The predicted molar refractivity (Wildman–Crippen MR) is 103 cm³/mol. The summed E-state index contributed by atoms with van der Waals surface area (Å²) < 4.78 is 32.3. The molecule has 10 nitrogen and oxygen atoms in total. The Kier molecular flexibility index (Phi) is 5.64. The highest BCUT2D eigenvalue weighted by Gasteiger charge is 2.44. The van der Waals surface area contributed by atoms with Crippen molar-refractivity contribution < 1.29 is 23.4 Å². The van der Waals surface area contributed by atoms with Crippen LogP contribution in [0.1, 0.15) is 18.7 Å². The summed E-state index contributed by atoms with van der Waals surface area (Å²) in [6, 6.07) is 3.49. The Morgan fingerprint density at radius 2 is 2.23 bits per heavy atom. The molecule has 3 aromatic rings. The second kappa shape index (κ2) is 8.36. The second-order valence-corrected chi connectivity index (χ2v) is 7.12. The number of hydrogen-bond donors (Lipinski definition) is 1. The molecule has 4 heterocycles. The van der Waals surface area contributed by atoms with E-state index in [2.05, 4.69) is 19.9 Å². The third-order valence-corrected chi connectivity index (χ3v) is 4.98. The van der Waals surface area contributed by atoms with Crippen LogP contribution in [0.4, 0.5) is 15.0 Å². The lowest BCUT2D eigenvalue weighted by Crippen LogP contribution is -2.25. The van der Waals surface area contributed by atoms with Crippen molar-refractivity contribution in [1.82, 2.24) is 24.5 Å². The third-order valence-electron chi connectivity index (χ3n) is 4.82. The fraction of sp³-hybridized carbons (Fsp3) is 0.389. The lowest BCUT2D eigenvalue weighted by Gasteiger charge is -2.16. The molecular formula is C18H18ClFN6O4. The number of alkyl halides is 1. The molecule has 2 N–H and O–H groups in total. The Balaban J connectivity index is 1.39. The summed E-state index contributed by atoms with van der Waals surface area (Å²) in [6.45, 7) is 1.51. The molecule has 1 aliphatic heterocycles. The van der Waals surface area contributed by atoms with Gasteiger partial charge in [0.15, 0.2) is 23.9 Å². The molecule has 0 aliphatic carbocycles. The van der Waals surface area contributed by atoms with E-state index in [1.807, 2.05) is 0 Å². The van der Waals surface area contributed by atoms with E-state index >= 15 is 0 Å². The van der Waals surface area contributed by atoms with Crippen molar-refractivity contribution in [2.75, 3.05) is 12.3 Å². The number of aromatic nitrogens is 5. The van der Waals surface area contributed by atoms with Crippen LogP contribution < -0.4 is 5.73 Å². The quantitative estimate of drug-likeness (QED) is 0.474. The highest BCUT2D eigenvalue weighted by atomic mass is 35.5. The topological polar surface area (TPSA) is 127 Å². The Bertz CT molecular complexity index is 1050. The fourth-order valence-corrected chi connectivity index (χ4v) is 3.34. The number of pyridine rings is 1. The molecule has 0 radical (unpaired) electrons. The van der Waals surface area contributed by atoms with Gasteiger partial charge in [-0.15, -0.1) is 0 Å². The monoisotopic (exact) mass is 436 g/mol. The van der Waals surface area contributed by atoms with Crippen molar-refractivity contribution in [3.05, 3.63) is 41.7 Å². The number of nitrogens with zero attached hydrogens (tertiary/aromatic N) is 5. The van der Waals surface area contributed by atoms with Gasteiger partial charge in [0, 0.05) is 23.9 Å². The Morgan fingerprint density at radius 3 is 3.00 bits per heavy atom. The van der Waals surface area contributed by atoms with Crippen molar-refractivity contribution >= 4 is 34.7 Å². The van der Waals surface area contributed by atoms with Gasteiger partial charge in [0.1, 0.15) is 18.7 Å². The average molecular weight is 437 g/mol. The van der Waals surface area contributed by atoms with E-state index < -0.39 is 30.6 Å². The summed E-state index contributed by atoms with van der Waals surface area (Å²) >= 11 is 5.86. The van der Waals surface area contributed by atoms with E-state index in [1.54, 1.807) is 31.5 Å². The summed E-state index contributed by atoms with van der Waals surface area (Å²) in [5.41, 5.74) is 7.05. The number of hydrogen-bond acceptors (Lipinski definition) is 9. The second-order valence-electron chi connectivity index (χ2n) is 6.78. The van der Waals surface area contributed by atoms with Crippen molar-refractivity contribution in [3.8, 4) is 0 Å². The highest BCUT2D eigenvalue weighted by Crippen LogP contribution is 2.38. The molecule has 0 saturated carbocycles. The maximum Gasteiger partial charge on any atom is 0.508 e. The number of halogens is 2. The van der Waals surface area contributed by atoms with E-state index in [1.165, 1.54) is 10.9 Å². The lowest BCUT2D eigenvalue weighted by molar-refractivity contribution is -0.0508. The van der Waals surface area contributed by atoms with E-state index in [-0.39, 0.29) is 30.0 Å². The van der Waals surface area contributed by atoms with Gasteiger partial charge in [-0.05, 0) is 17.7 Å². The first kappa shape index (κ1) is 20.2. The van der Waals surface area contributed by atoms with Gasteiger partial charge in [0.25, 0.3) is 0 Å². The number of fused-ring (bicyclic) bond motifs is 1. The highest BCUT2D eigenvalue weighted by molar-refractivity contribution is 6.28. The van der Waals surface area contributed by atoms with Crippen molar-refractivity contribution in [2.24, 2.45) is 5.92 Å². The van der Waals surface area contributed by atoms with Gasteiger partial charge in [-0.3, -0.25) is 9.55 Å². The van der Waals surface area contributed by atoms with Gasteiger partial charge in [-0.2, -0.15) is 9.97 Å². The number of ether oxygens (including phenoxy) is 3. The van der Waals surface area contributed by atoms with Gasteiger partial charge in [0.05, 0.1) is 12.4 Å². The van der Waals surface area contributed by atoms with Crippen LogP contribution in [-0.2, 0) is 20.8 Å². The predicted octanol–water partition coefficient (Wildman–Crippen LogP) is 2.68. The molecule has 3 aromatic heterocycles. The summed E-state index contributed by atoms with van der Waals surface area (Å²) in [4.78, 5) is 27.8. The maximum absolute atomic E-state index is 15.0. The largest absolute Gasteiger partial charge is 0.508 e. The zero-order valence-corrected chi connectivity index (χ0v) is 16.6. The van der Waals surface area contributed by atoms with Crippen LogP contribution in [0.5, 0.6) is 0 Å². The molecule has 30 heavy (non-hydrogen) atoms. The smallest absolute Gasteiger partial charge is 0.432 e. The van der Waals surface area contributed by atoms with Crippen molar-refractivity contribution in [3.63, 3.8) is 0 Å². The van der Waals surface area contributed by atoms with Gasteiger partial charge < -0.3 is 19.9 Å². The van der Waals surface area contributed by atoms with Crippen molar-refractivity contribution in [2.45, 2.75) is 32.0 Å². The molecule has 0 spiro atoms. The normalized spacial score (nSPS) is 23.6. The first-order valence-electron chi connectivity index (χ1n) is 9.07. The molecule has 4 atom stereocenters. The summed E-state index contributed by atoms with van der Waals surface area (Å²) in [5, 5.41) is -0.0838. The maximum atomic E-state index is 15.0.